The number of carbonyl (C=O) groups is 1. The van der Waals surface area contributed by atoms with E-state index in [1.165, 1.54) is 11.8 Å². The van der Waals surface area contributed by atoms with Crippen LogP contribution in [-0.2, 0) is 6.42 Å². The van der Waals surface area contributed by atoms with Crippen molar-refractivity contribution in [1.29, 1.82) is 5.41 Å². The molecule has 0 bridgehead atoms. The number of nitrogens with zero attached hydrogens (tertiary/aromatic N) is 1. The Hall–Kier alpha value is -3.47. The summed E-state index contributed by atoms with van der Waals surface area (Å²) in [4.78, 5) is 16.2. The largest absolute Gasteiger partial charge is 0.398 e. The maximum absolute atomic E-state index is 12.1. The molecule has 0 radical (unpaired) electrons. The molecule has 3 rings (SSSR count). The number of nitrogen functional groups attached to an aromatic ring is 1. The predicted octanol–water partition coefficient (Wildman–Crippen LogP) is 4.00. The average Bonchev–Trinajstić information content (AvgIpc) is 2.72. The minimum atomic E-state index is -0.0896. The van der Waals surface area contributed by atoms with Crippen LogP contribution in [0.25, 0.3) is 11.1 Å². The number of hydrogen-bond acceptors (Lipinski definition) is 4. The normalized spacial score (nSPS) is 10.5. The Morgan fingerprint density at radius 2 is 1.86 bits per heavy atom. The van der Waals surface area contributed by atoms with Gasteiger partial charge in [-0.1, -0.05) is 30.3 Å². The van der Waals surface area contributed by atoms with E-state index in [0.29, 0.717) is 17.8 Å². The number of aryl methyl sites for hydroxylation is 2. The van der Waals surface area contributed by atoms with E-state index in [-0.39, 0.29) is 5.91 Å². The summed E-state index contributed by atoms with van der Waals surface area (Å²) in [5.74, 6) is -0.0896. The van der Waals surface area contributed by atoms with Gasteiger partial charge in [-0.15, -0.1) is 0 Å². The van der Waals surface area contributed by atoms with Crippen molar-refractivity contribution in [2.45, 2.75) is 19.8 Å². The van der Waals surface area contributed by atoms with Crippen molar-refractivity contribution in [3.63, 3.8) is 0 Å². The number of nitrogens with two attached hydrogens (primary N) is 1. The molecule has 0 aliphatic rings. The number of anilines is 1. The zero-order valence-electron chi connectivity index (χ0n) is 15.9. The topological polar surface area (TPSA) is 91.9 Å². The van der Waals surface area contributed by atoms with Gasteiger partial charge in [0.05, 0.1) is 5.56 Å². The van der Waals surface area contributed by atoms with Gasteiger partial charge in [0.1, 0.15) is 0 Å². The molecule has 0 aliphatic carbocycles. The van der Waals surface area contributed by atoms with Crippen molar-refractivity contribution in [2.24, 2.45) is 0 Å². The molecule has 1 heterocycles. The van der Waals surface area contributed by atoms with Gasteiger partial charge in [0.2, 0.25) is 0 Å². The molecule has 1 amide bonds. The zero-order valence-corrected chi connectivity index (χ0v) is 15.9. The van der Waals surface area contributed by atoms with Crippen molar-refractivity contribution in [3.8, 4) is 11.1 Å². The quantitative estimate of drug-likeness (QED) is 0.332. The molecule has 142 valence electrons. The Labute approximate surface area is 165 Å². The fraction of sp³-hybridized carbons (Fsp3) is 0.174. The van der Waals surface area contributed by atoms with E-state index in [1.807, 2.05) is 31.2 Å². The van der Waals surface area contributed by atoms with E-state index in [1.54, 1.807) is 12.3 Å². The summed E-state index contributed by atoms with van der Waals surface area (Å²) in [5, 5.41) is 10.4. The number of aromatic nitrogens is 1. The highest BCUT2D eigenvalue weighted by atomic mass is 16.1. The second-order valence-corrected chi connectivity index (χ2v) is 6.73. The van der Waals surface area contributed by atoms with E-state index in [9.17, 15) is 4.79 Å². The van der Waals surface area contributed by atoms with Crippen LogP contribution in [0.3, 0.4) is 0 Å². The van der Waals surface area contributed by atoms with Gasteiger partial charge in [0, 0.05) is 35.9 Å². The first-order valence-corrected chi connectivity index (χ1v) is 9.27. The maximum Gasteiger partial charge on any atom is 0.252 e. The standard InChI is InChI=1S/C23H24N4O/c1-16-4-7-20(15-27-16)23(28)26-12-2-3-17-5-8-18(9-6-17)19-10-11-22(25)21(13-19)14-24/h4-11,13-15,24H,2-3,12,25H2,1H3,(H,26,28). The molecule has 0 spiro atoms. The van der Waals surface area contributed by atoms with E-state index >= 15 is 0 Å². The molecule has 5 nitrogen and oxygen atoms in total. The summed E-state index contributed by atoms with van der Waals surface area (Å²) >= 11 is 0. The Morgan fingerprint density at radius 1 is 1.11 bits per heavy atom. The first-order valence-electron chi connectivity index (χ1n) is 9.27. The van der Waals surface area contributed by atoms with E-state index in [0.717, 1.165) is 35.2 Å². The lowest BCUT2D eigenvalue weighted by molar-refractivity contribution is 0.0953. The molecular formula is C23H24N4O. The van der Waals surface area contributed by atoms with Gasteiger partial charge in [-0.05, 0) is 60.7 Å². The van der Waals surface area contributed by atoms with Crippen LogP contribution in [0.4, 0.5) is 5.69 Å². The second kappa shape index (κ2) is 8.95. The van der Waals surface area contributed by atoms with Crippen LogP contribution in [0.1, 0.15) is 33.6 Å². The Balaban J connectivity index is 1.51. The number of carbonyl (C=O) groups excluding carboxylic acids is 1. The lowest BCUT2D eigenvalue weighted by Gasteiger charge is -2.08. The average molecular weight is 372 g/mol. The van der Waals surface area contributed by atoms with Crippen LogP contribution < -0.4 is 11.1 Å². The summed E-state index contributed by atoms with van der Waals surface area (Å²) in [6.45, 7) is 2.52. The van der Waals surface area contributed by atoms with Crippen molar-refractivity contribution in [2.75, 3.05) is 12.3 Å². The van der Waals surface area contributed by atoms with E-state index in [4.69, 9.17) is 11.1 Å². The number of benzene rings is 2. The highest BCUT2D eigenvalue weighted by Gasteiger charge is 2.05. The van der Waals surface area contributed by atoms with Gasteiger partial charge in [0.25, 0.3) is 5.91 Å². The van der Waals surface area contributed by atoms with Gasteiger partial charge in [0.15, 0.2) is 0 Å². The molecular weight excluding hydrogens is 348 g/mol. The van der Waals surface area contributed by atoms with Crippen molar-refractivity contribution in [3.05, 3.63) is 83.2 Å². The molecule has 0 saturated heterocycles. The minimum Gasteiger partial charge on any atom is -0.398 e. The van der Waals surface area contributed by atoms with Gasteiger partial charge in [-0.2, -0.15) is 0 Å². The SMILES string of the molecule is Cc1ccc(C(=O)NCCCc2ccc(-c3ccc(N)c(C=N)c3)cc2)cn1. The molecule has 0 atom stereocenters. The third-order valence-corrected chi connectivity index (χ3v) is 4.63. The molecule has 5 heteroatoms. The number of hydrogen-bond donors (Lipinski definition) is 3. The second-order valence-electron chi connectivity index (χ2n) is 6.73. The van der Waals surface area contributed by atoms with Gasteiger partial charge < -0.3 is 16.5 Å². The fourth-order valence-electron chi connectivity index (χ4n) is 2.94. The molecule has 3 aromatic rings. The van der Waals surface area contributed by atoms with E-state index < -0.39 is 0 Å². The third-order valence-electron chi connectivity index (χ3n) is 4.63. The maximum atomic E-state index is 12.1. The van der Waals surface area contributed by atoms with E-state index in [2.05, 4.69) is 34.6 Å². The van der Waals surface area contributed by atoms with Crippen molar-refractivity contribution < 1.29 is 4.79 Å². The lowest BCUT2D eigenvalue weighted by atomic mass is 10.00. The molecule has 4 N–H and O–H groups in total. The number of amides is 1. The van der Waals surface area contributed by atoms with Crippen LogP contribution in [-0.4, -0.2) is 23.7 Å². The summed E-state index contributed by atoms with van der Waals surface area (Å²) < 4.78 is 0. The van der Waals surface area contributed by atoms with Crippen molar-refractivity contribution in [1.82, 2.24) is 10.3 Å². The number of nitrogens with one attached hydrogen (secondary N) is 2. The monoisotopic (exact) mass is 372 g/mol. The Kier molecular flexibility index (Phi) is 6.17. The highest BCUT2D eigenvalue weighted by molar-refractivity contribution is 5.93. The summed E-state index contributed by atoms with van der Waals surface area (Å²) in [7, 11) is 0. The zero-order chi connectivity index (χ0) is 19.9. The lowest BCUT2D eigenvalue weighted by Crippen LogP contribution is -2.24. The third kappa shape index (κ3) is 4.82. The molecule has 0 unspecified atom stereocenters. The van der Waals surface area contributed by atoms with Gasteiger partial charge in [-0.3, -0.25) is 9.78 Å². The smallest absolute Gasteiger partial charge is 0.252 e. The predicted molar refractivity (Wildman–Crippen MR) is 114 cm³/mol. The number of rotatable bonds is 7. The molecule has 1 aromatic heterocycles. The molecule has 0 saturated carbocycles. The van der Waals surface area contributed by atoms with Gasteiger partial charge >= 0.3 is 0 Å². The number of pyridine rings is 1. The highest BCUT2D eigenvalue weighted by Crippen LogP contribution is 2.23. The summed E-state index contributed by atoms with van der Waals surface area (Å²) in [6, 6.07) is 17.7. The summed E-state index contributed by atoms with van der Waals surface area (Å²) in [5.41, 5.74) is 12.0. The first-order chi connectivity index (χ1) is 13.6. The fourth-order valence-corrected chi connectivity index (χ4v) is 2.94. The summed E-state index contributed by atoms with van der Waals surface area (Å²) in [6.07, 6.45) is 4.63. The van der Waals surface area contributed by atoms with Crippen LogP contribution in [0.15, 0.2) is 60.8 Å². The van der Waals surface area contributed by atoms with Crippen LogP contribution in [0.2, 0.25) is 0 Å². The Bertz CT molecular complexity index is 963. The van der Waals surface area contributed by atoms with Crippen LogP contribution >= 0.6 is 0 Å². The van der Waals surface area contributed by atoms with Crippen LogP contribution in [0.5, 0.6) is 0 Å². The van der Waals surface area contributed by atoms with Crippen LogP contribution in [0, 0.1) is 12.3 Å². The molecule has 0 aliphatic heterocycles. The van der Waals surface area contributed by atoms with Crippen molar-refractivity contribution >= 4 is 17.8 Å². The molecule has 28 heavy (non-hydrogen) atoms. The minimum absolute atomic E-state index is 0.0896. The molecule has 0 fully saturated rings. The molecule has 2 aromatic carbocycles. The Morgan fingerprint density at radius 3 is 2.54 bits per heavy atom. The van der Waals surface area contributed by atoms with Gasteiger partial charge in [-0.25, -0.2) is 0 Å². The first kappa shape index (κ1) is 19.3.